The Balaban J connectivity index is 2.33. The van der Waals surface area contributed by atoms with Gasteiger partial charge < -0.3 is 5.84 Å². The average Bonchev–Trinajstić information content (AvgIpc) is 2.17. The largest absolute Gasteiger partial charge is 0.321 e. The summed E-state index contributed by atoms with van der Waals surface area (Å²) in [6.45, 7) is 2.29. The summed E-state index contributed by atoms with van der Waals surface area (Å²) in [7, 11) is 0. The van der Waals surface area contributed by atoms with E-state index < -0.39 is 0 Å². The molecular formula is C9H18N4. The third-order valence-corrected chi connectivity index (χ3v) is 2.88. The van der Waals surface area contributed by atoms with Gasteiger partial charge in [0, 0.05) is 6.42 Å². The van der Waals surface area contributed by atoms with Gasteiger partial charge in [0.05, 0.1) is 0 Å². The summed E-state index contributed by atoms with van der Waals surface area (Å²) in [4.78, 5) is 0. The standard InChI is InChI=1S/C9H18N4/c1-7-2-4-8(5-3-7)6-9(12-10)13-11/h7-8,10H,2-6,11H2,1H3/b12-10?,13-9-. The van der Waals surface area contributed by atoms with Crippen LogP contribution in [0.5, 0.6) is 0 Å². The number of hydrogen-bond donors (Lipinski definition) is 2. The molecule has 0 aromatic carbocycles. The highest BCUT2D eigenvalue weighted by Crippen LogP contribution is 2.30. The van der Waals surface area contributed by atoms with Gasteiger partial charge in [0.15, 0.2) is 5.84 Å². The van der Waals surface area contributed by atoms with Crippen LogP contribution in [-0.4, -0.2) is 5.84 Å². The molecule has 1 rings (SSSR count). The van der Waals surface area contributed by atoms with Crippen LogP contribution >= 0.6 is 0 Å². The van der Waals surface area contributed by atoms with Gasteiger partial charge >= 0.3 is 0 Å². The molecule has 0 aromatic heterocycles. The summed E-state index contributed by atoms with van der Waals surface area (Å²) < 4.78 is 0. The van der Waals surface area contributed by atoms with Crippen molar-refractivity contribution in [3.05, 3.63) is 0 Å². The van der Waals surface area contributed by atoms with Gasteiger partial charge in [-0.3, -0.25) is 0 Å². The maximum Gasteiger partial charge on any atom is 0.169 e. The van der Waals surface area contributed by atoms with E-state index in [1.807, 2.05) is 0 Å². The fraction of sp³-hybridized carbons (Fsp3) is 0.889. The predicted molar refractivity (Wildman–Crippen MR) is 52.5 cm³/mol. The molecule has 0 aliphatic heterocycles. The van der Waals surface area contributed by atoms with Crippen molar-refractivity contribution < 1.29 is 0 Å². The molecule has 4 nitrogen and oxygen atoms in total. The van der Waals surface area contributed by atoms with E-state index in [4.69, 9.17) is 11.4 Å². The fourth-order valence-corrected chi connectivity index (χ4v) is 1.92. The van der Waals surface area contributed by atoms with Crippen molar-refractivity contribution in [1.82, 2.24) is 0 Å². The molecule has 0 amide bonds. The van der Waals surface area contributed by atoms with Gasteiger partial charge in [0.1, 0.15) is 0 Å². The fourth-order valence-electron chi connectivity index (χ4n) is 1.92. The van der Waals surface area contributed by atoms with Crippen molar-refractivity contribution >= 4 is 5.84 Å². The van der Waals surface area contributed by atoms with Gasteiger partial charge in [-0.15, -0.1) is 5.11 Å². The first kappa shape index (κ1) is 10.2. The molecule has 0 saturated heterocycles. The Bertz CT molecular complexity index is 192. The third-order valence-electron chi connectivity index (χ3n) is 2.88. The quantitative estimate of drug-likeness (QED) is 0.222. The molecule has 1 aliphatic carbocycles. The van der Waals surface area contributed by atoms with Gasteiger partial charge in [0.25, 0.3) is 0 Å². The van der Waals surface area contributed by atoms with Crippen molar-refractivity contribution in [1.29, 1.82) is 5.53 Å². The van der Waals surface area contributed by atoms with Gasteiger partial charge in [-0.25, -0.2) is 5.53 Å². The zero-order valence-corrected chi connectivity index (χ0v) is 8.16. The first-order chi connectivity index (χ1) is 6.26. The monoisotopic (exact) mass is 182 g/mol. The van der Waals surface area contributed by atoms with E-state index in [0.29, 0.717) is 11.8 Å². The molecule has 74 valence electrons. The van der Waals surface area contributed by atoms with E-state index in [1.54, 1.807) is 0 Å². The SMILES string of the molecule is CC1CCC(C/C(N=N)=N/N)CC1. The Morgan fingerprint density at radius 3 is 2.46 bits per heavy atom. The molecule has 13 heavy (non-hydrogen) atoms. The summed E-state index contributed by atoms with van der Waals surface area (Å²) in [6, 6.07) is 0. The average molecular weight is 182 g/mol. The molecule has 0 atom stereocenters. The third kappa shape index (κ3) is 3.13. The Labute approximate surface area is 79.1 Å². The summed E-state index contributed by atoms with van der Waals surface area (Å²) in [5.41, 5.74) is 6.83. The van der Waals surface area contributed by atoms with Crippen molar-refractivity contribution in [2.45, 2.75) is 39.0 Å². The van der Waals surface area contributed by atoms with E-state index in [9.17, 15) is 0 Å². The lowest BCUT2D eigenvalue weighted by Gasteiger charge is -2.25. The van der Waals surface area contributed by atoms with E-state index >= 15 is 0 Å². The molecule has 1 fully saturated rings. The molecule has 1 aliphatic rings. The van der Waals surface area contributed by atoms with Crippen LogP contribution in [0.25, 0.3) is 0 Å². The molecule has 1 saturated carbocycles. The maximum absolute atomic E-state index is 6.83. The number of nitrogens with zero attached hydrogens (tertiary/aromatic N) is 2. The van der Waals surface area contributed by atoms with Crippen LogP contribution in [0.2, 0.25) is 0 Å². The van der Waals surface area contributed by atoms with Gasteiger partial charge in [-0.05, 0) is 24.7 Å². The Kier molecular flexibility index (Phi) is 3.86. The highest BCUT2D eigenvalue weighted by molar-refractivity contribution is 5.82. The second kappa shape index (κ2) is 4.94. The molecule has 0 unspecified atom stereocenters. The number of rotatable bonds is 2. The molecule has 0 aromatic rings. The summed E-state index contributed by atoms with van der Waals surface area (Å²) in [5, 5.41) is 6.78. The minimum atomic E-state index is 0.486. The normalized spacial score (nSPS) is 30.1. The van der Waals surface area contributed by atoms with Crippen LogP contribution in [0.4, 0.5) is 0 Å². The van der Waals surface area contributed by atoms with Gasteiger partial charge in [-0.1, -0.05) is 19.8 Å². The summed E-state index contributed by atoms with van der Waals surface area (Å²) in [6.07, 6.45) is 5.83. The smallest absolute Gasteiger partial charge is 0.169 e. The summed E-state index contributed by atoms with van der Waals surface area (Å²) in [5.74, 6) is 7.10. The second-order valence-corrected chi connectivity index (χ2v) is 3.99. The number of hydrazone groups is 1. The topological polar surface area (TPSA) is 74.6 Å². The minimum Gasteiger partial charge on any atom is -0.321 e. The van der Waals surface area contributed by atoms with Gasteiger partial charge in [0.2, 0.25) is 0 Å². The number of hydrogen-bond acceptors (Lipinski definition) is 3. The lowest BCUT2D eigenvalue weighted by molar-refractivity contribution is 0.296. The van der Waals surface area contributed by atoms with Crippen molar-refractivity contribution in [2.75, 3.05) is 0 Å². The molecule has 0 heterocycles. The van der Waals surface area contributed by atoms with Crippen LogP contribution in [0.15, 0.2) is 10.2 Å². The molecule has 0 spiro atoms. The Morgan fingerprint density at radius 2 is 2.00 bits per heavy atom. The number of nitrogens with two attached hydrogens (primary N) is 1. The van der Waals surface area contributed by atoms with Crippen LogP contribution in [0.1, 0.15) is 39.0 Å². The first-order valence-electron chi connectivity index (χ1n) is 4.90. The van der Waals surface area contributed by atoms with Crippen LogP contribution in [0, 0.1) is 17.4 Å². The number of nitrogens with one attached hydrogen (secondary N) is 1. The lowest BCUT2D eigenvalue weighted by atomic mass is 9.81. The molecule has 4 heteroatoms. The maximum atomic E-state index is 6.83. The zero-order valence-electron chi connectivity index (χ0n) is 8.16. The van der Waals surface area contributed by atoms with Crippen LogP contribution in [0.3, 0.4) is 0 Å². The highest BCUT2D eigenvalue weighted by Gasteiger charge is 2.19. The number of amidine groups is 1. The van der Waals surface area contributed by atoms with Crippen molar-refractivity contribution in [3.8, 4) is 0 Å². The predicted octanol–water partition coefficient (Wildman–Crippen LogP) is 2.51. The van der Waals surface area contributed by atoms with Crippen LogP contribution in [-0.2, 0) is 0 Å². The van der Waals surface area contributed by atoms with E-state index in [-0.39, 0.29) is 0 Å². The van der Waals surface area contributed by atoms with E-state index in [1.165, 1.54) is 25.7 Å². The van der Waals surface area contributed by atoms with Crippen molar-refractivity contribution in [3.63, 3.8) is 0 Å². The van der Waals surface area contributed by atoms with Crippen molar-refractivity contribution in [2.24, 2.45) is 27.9 Å². The second-order valence-electron chi connectivity index (χ2n) is 3.99. The van der Waals surface area contributed by atoms with Crippen LogP contribution < -0.4 is 5.84 Å². The van der Waals surface area contributed by atoms with E-state index in [0.717, 1.165) is 12.3 Å². The molecule has 3 N–H and O–H groups in total. The molecule has 0 bridgehead atoms. The summed E-state index contributed by atoms with van der Waals surface area (Å²) >= 11 is 0. The molecule has 0 radical (unpaired) electrons. The first-order valence-corrected chi connectivity index (χ1v) is 4.90. The lowest BCUT2D eigenvalue weighted by Crippen LogP contribution is -2.15. The molecular weight excluding hydrogens is 164 g/mol. The zero-order chi connectivity index (χ0) is 9.68. The Hall–Kier alpha value is -0.930. The van der Waals surface area contributed by atoms with E-state index in [2.05, 4.69) is 17.1 Å². The Morgan fingerprint density at radius 1 is 1.38 bits per heavy atom. The van der Waals surface area contributed by atoms with Gasteiger partial charge in [-0.2, -0.15) is 5.10 Å². The highest BCUT2D eigenvalue weighted by atomic mass is 15.2. The minimum absolute atomic E-state index is 0.486.